The predicted octanol–water partition coefficient (Wildman–Crippen LogP) is 4.19. The van der Waals surface area contributed by atoms with Crippen molar-refractivity contribution in [1.82, 2.24) is 5.32 Å². The Morgan fingerprint density at radius 1 is 1.00 bits per heavy atom. The molecule has 0 aliphatic heterocycles. The molecule has 1 fully saturated rings. The highest BCUT2D eigenvalue weighted by Crippen LogP contribution is 2.35. The van der Waals surface area contributed by atoms with Crippen LogP contribution in [0, 0.1) is 5.41 Å². The van der Waals surface area contributed by atoms with Crippen molar-refractivity contribution in [2.24, 2.45) is 5.41 Å². The molecule has 1 rings (SSSR count). The zero-order valence-electron chi connectivity index (χ0n) is 14.0. The van der Waals surface area contributed by atoms with Crippen LogP contribution < -0.4 is 5.32 Å². The first kappa shape index (κ1) is 18.5. The van der Waals surface area contributed by atoms with Crippen molar-refractivity contribution in [2.45, 2.75) is 90.4 Å². The van der Waals surface area contributed by atoms with E-state index in [-0.39, 0.29) is 17.9 Å². The molecule has 0 atom stereocenters. The molecule has 0 aromatic carbocycles. The molecule has 2 N–H and O–H groups in total. The Kier molecular flexibility index (Phi) is 9.73. The Morgan fingerprint density at radius 2 is 1.62 bits per heavy atom. The molecule has 1 saturated carbocycles. The lowest BCUT2D eigenvalue weighted by atomic mass is 9.74. The monoisotopic (exact) mass is 297 g/mol. The normalized spacial score (nSPS) is 17.6. The quantitative estimate of drug-likeness (QED) is 0.562. The van der Waals surface area contributed by atoms with Crippen LogP contribution in [0.25, 0.3) is 0 Å². The van der Waals surface area contributed by atoms with E-state index in [1.807, 2.05) is 0 Å². The third-order valence-electron chi connectivity index (χ3n) is 4.92. The first-order valence-corrected chi connectivity index (χ1v) is 9.10. The number of hydrogen-bond donors (Lipinski definition) is 2. The number of carbonyl (C=O) groups is 1. The molecular weight excluding hydrogens is 262 g/mol. The number of aliphatic hydroxyl groups excluding tert-OH is 1. The Labute approximate surface area is 130 Å². The van der Waals surface area contributed by atoms with Gasteiger partial charge in [-0.1, -0.05) is 64.7 Å². The number of unbranched alkanes of at least 4 members (excludes halogenated alkanes) is 6. The van der Waals surface area contributed by atoms with Crippen molar-refractivity contribution in [3.8, 4) is 0 Å². The van der Waals surface area contributed by atoms with Crippen LogP contribution in [0.5, 0.6) is 0 Å². The SMILES string of the molecule is CCCCCCCCCC(=O)NCC1(CO)CCCCC1. The maximum Gasteiger partial charge on any atom is 0.220 e. The Morgan fingerprint density at radius 3 is 2.24 bits per heavy atom. The van der Waals surface area contributed by atoms with Gasteiger partial charge in [0.15, 0.2) is 0 Å². The number of amides is 1. The predicted molar refractivity (Wildman–Crippen MR) is 88.2 cm³/mol. The summed E-state index contributed by atoms with van der Waals surface area (Å²) >= 11 is 0. The highest BCUT2D eigenvalue weighted by molar-refractivity contribution is 5.75. The van der Waals surface area contributed by atoms with Crippen molar-refractivity contribution in [2.75, 3.05) is 13.2 Å². The molecule has 1 aliphatic rings. The first-order chi connectivity index (χ1) is 10.2. The van der Waals surface area contributed by atoms with Crippen molar-refractivity contribution in [3.63, 3.8) is 0 Å². The van der Waals surface area contributed by atoms with E-state index >= 15 is 0 Å². The lowest BCUT2D eigenvalue weighted by molar-refractivity contribution is -0.122. The van der Waals surface area contributed by atoms with Crippen LogP contribution in [0.4, 0.5) is 0 Å². The minimum Gasteiger partial charge on any atom is -0.396 e. The molecule has 3 heteroatoms. The molecule has 0 saturated heterocycles. The summed E-state index contributed by atoms with van der Waals surface area (Å²) in [6, 6.07) is 0. The van der Waals surface area contributed by atoms with Crippen molar-refractivity contribution < 1.29 is 9.90 Å². The molecule has 124 valence electrons. The van der Waals surface area contributed by atoms with Crippen molar-refractivity contribution >= 4 is 5.91 Å². The van der Waals surface area contributed by atoms with Gasteiger partial charge >= 0.3 is 0 Å². The number of hydrogen-bond acceptors (Lipinski definition) is 2. The molecule has 21 heavy (non-hydrogen) atoms. The van der Waals surface area contributed by atoms with Gasteiger partial charge in [0.2, 0.25) is 5.91 Å². The van der Waals surface area contributed by atoms with Crippen molar-refractivity contribution in [1.29, 1.82) is 0 Å². The molecule has 0 radical (unpaired) electrons. The van der Waals surface area contributed by atoms with E-state index in [0.29, 0.717) is 13.0 Å². The van der Waals surface area contributed by atoms with Gasteiger partial charge in [0, 0.05) is 18.4 Å². The molecule has 0 aromatic rings. The second kappa shape index (κ2) is 11.1. The zero-order chi connectivity index (χ0) is 15.4. The summed E-state index contributed by atoms with van der Waals surface area (Å²) in [6.07, 6.45) is 15.1. The van der Waals surface area contributed by atoms with E-state index in [0.717, 1.165) is 19.3 Å². The van der Waals surface area contributed by atoms with Gasteiger partial charge in [0.25, 0.3) is 0 Å². The molecule has 3 nitrogen and oxygen atoms in total. The van der Waals surface area contributed by atoms with Crippen LogP contribution in [-0.2, 0) is 4.79 Å². The highest BCUT2D eigenvalue weighted by atomic mass is 16.3. The third kappa shape index (κ3) is 7.85. The van der Waals surface area contributed by atoms with E-state index < -0.39 is 0 Å². The average Bonchev–Trinajstić information content (AvgIpc) is 2.53. The van der Waals surface area contributed by atoms with Gasteiger partial charge in [-0.25, -0.2) is 0 Å². The van der Waals surface area contributed by atoms with Gasteiger partial charge in [-0.15, -0.1) is 0 Å². The number of carbonyl (C=O) groups excluding carboxylic acids is 1. The topological polar surface area (TPSA) is 49.3 Å². The lowest BCUT2D eigenvalue weighted by Gasteiger charge is -2.35. The third-order valence-corrected chi connectivity index (χ3v) is 4.92. The van der Waals surface area contributed by atoms with E-state index in [2.05, 4.69) is 12.2 Å². The summed E-state index contributed by atoms with van der Waals surface area (Å²) < 4.78 is 0. The molecule has 0 heterocycles. The van der Waals surface area contributed by atoms with Crippen LogP contribution in [-0.4, -0.2) is 24.2 Å². The average molecular weight is 297 g/mol. The first-order valence-electron chi connectivity index (χ1n) is 9.10. The number of rotatable bonds is 11. The van der Waals surface area contributed by atoms with E-state index in [1.165, 1.54) is 57.8 Å². The van der Waals surface area contributed by atoms with Gasteiger partial charge < -0.3 is 10.4 Å². The molecule has 0 spiro atoms. The highest BCUT2D eigenvalue weighted by Gasteiger charge is 2.31. The summed E-state index contributed by atoms with van der Waals surface area (Å²) in [4.78, 5) is 11.9. The maximum absolute atomic E-state index is 11.9. The van der Waals surface area contributed by atoms with Crippen LogP contribution >= 0.6 is 0 Å². The lowest BCUT2D eigenvalue weighted by Crippen LogP contribution is -2.41. The van der Waals surface area contributed by atoms with E-state index in [1.54, 1.807) is 0 Å². The Bertz CT molecular complexity index is 272. The second-order valence-corrected chi connectivity index (χ2v) is 6.87. The molecule has 1 aliphatic carbocycles. The molecule has 0 bridgehead atoms. The zero-order valence-corrected chi connectivity index (χ0v) is 14.0. The fraction of sp³-hybridized carbons (Fsp3) is 0.944. The summed E-state index contributed by atoms with van der Waals surface area (Å²) in [5.74, 6) is 0.168. The maximum atomic E-state index is 11.9. The summed E-state index contributed by atoms with van der Waals surface area (Å²) in [5, 5.41) is 12.7. The van der Waals surface area contributed by atoms with Crippen LogP contribution in [0.15, 0.2) is 0 Å². The molecule has 0 unspecified atom stereocenters. The van der Waals surface area contributed by atoms with Gasteiger partial charge in [-0.3, -0.25) is 4.79 Å². The largest absolute Gasteiger partial charge is 0.396 e. The van der Waals surface area contributed by atoms with Crippen molar-refractivity contribution in [3.05, 3.63) is 0 Å². The molecular formula is C18H35NO2. The minimum atomic E-state index is -0.0337. The summed E-state index contributed by atoms with van der Waals surface area (Å²) in [5.41, 5.74) is -0.0337. The van der Waals surface area contributed by atoms with Gasteiger partial charge in [0.1, 0.15) is 0 Å². The van der Waals surface area contributed by atoms with Gasteiger partial charge in [-0.05, 0) is 19.3 Å². The van der Waals surface area contributed by atoms with Crippen LogP contribution in [0.2, 0.25) is 0 Å². The van der Waals surface area contributed by atoms with E-state index in [9.17, 15) is 9.90 Å². The fourth-order valence-corrected chi connectivity index (χ4v) is 3.31. The smallest absolute Gasteiger partial charge is 0.220 e. The number of nitrogens with one attached hydrogen (secondary N) is 1. The summed E-state index contributed by atoms with van der Waals surface area (Å²) in [6.45, 7) is 3.11. The standard InChI is InChI=1S/C18H35NO2/c1-2-3-4-5-6-7-9-12-17(21)19-15-18(16-20)13-10-8-11-14-18/h20H,2-16H2,1H3,(H,19,21). The molecule has 0 aromatic heterocycles. The van der Waals surface area contributed by atoms with Gasteiger partial charge in [0.05, 0.1) is 6.61 Å². The van der Waals surface area contributed by atoms with Crippen LogP contribution in [0.1, 0.15) is 90.4 Å². The van der Waals surface area contributed by atoms with Gasteiger partial charge in [-0.2, -0.15) is 0 Å². The Hall–Kier alpha value is -0.570. The van der Waals surface area contributed by atoms with Crippen LogP contribution in [0.3, 0.4) is 0 Å². The second-order valence-electron chi connectivity index (χ2n) is 6.87. The number of aliphatic hydroxyl groups is 1. The van der Waals surface area contributed by atoms with E-state index in [4.69, 9.17) is 0 Å². The fourth-order valence-electron chi connectivity index (χ4n) is 3.31. The molecule has 1 amide bonds. The Balaban J connectivity index is 2.05. The summed E-state index contributed by atoms with van der Waals surface area (Å²) in [7, 11) is 0. The minimum absolute atomic E-state index is 0.0337.